The van der Waals surface area contributed by atoms with Gasteiger partial charge >= 0.3 is 6.01 Å². The third kappa shape index (κ3) is 5.35. The van der Waals surface area contributed by atoms with Crippen molar-refractivity contribution in [2.45, 2.75) is 50.5 Å². The summed E-state index contributed by atoms with van der Waals surface area (Å²) in [5, 5.41) is 9.41. The molecule has 4 heterocycles. The number of aromatic nitrogens is 2. The summed E-state index contributed by atoms with van der Waals surface area (Å²) in [6.45, 7) is 6.78. The molecule has 1 aromatic carbocycles. The lowest BCUT2D eigenvalue weighted by Gasteiger charge is -2.41. The summed E-state index contributed by atoms with van der Waals surface area (Å²) in [4.78, 5) is 28.0. The van der Waals surface area contributed by atoms with Crippen LogP contribution in [0.5, 0.6) is 6.01 Å². The van der Waals surface area contributed by atoms with Crippen molar-refractivity contribution in [1.29, 1.82) is 5.26 Å². The second-order valence-corrected chi connectivity index (χ2v) is 10.1. The maximum absolute atomic E-state index is 14.6. The van der Waals surface area contributed by atoms with E-state index in [0.29, 0.717) is 50.1 Å². The monoisotopic (exact) mass is 520 g/mol. The van der Waals surface area contributed by atoms with Crippen molar-refractivity contribution in [2.24, 2.45) is 0 Å². The largest absolute Gasteiger partial charge is 0.462 e. The Kier molecular flexibility index (Phi) is 7.86. The Morgan fingerprint density at radius 3 is 2.87 bits per heavy atom. The molecular weight excluding hydrogens is 487 g/mol. The molecule has 2 saturated heterocycles. The molecule has 2 aromatic rings. The van der Waals surface area contributed by atoms with Gasteiger partial charge in [0.15, 0.2) is 0 Å². The van der Waals surface area contributed by atoms with Crippen LogP contribution in [0.15, 0.2) is 36.9 Å². The Hall–Kier alpha value is -3.55. The molecule has 0 N–H and O–H groups in total. The second-order valence-electron chi connectivity index (χ2n) is 10.1. The van der Waals surface area contributed by atoms with Crippen molar-refractivity contribution in [3.05, 3.63) is 59.6 Å². The first-order chi connectivity index (χ1) is 18.5. The average molecular weight is 521 g/mol. The predicted octanol–water partition coefficient (Wildman–Crippen LogP) is 3.02. The minimum absolute atomic E-state index is 0.185. The molecule has 1 unspecified atom stereocenters. The maximum atomic E-state index is 14.6. The Balaban J connectivity index is 1.45. The molecule has 0 saturated carbocycles. The van der Waals surface area contributed by atoms with Gasteiger partial charge in [0.1, 0.15) is 18.2 Å². The number of carbonyl (C=O) groups excluding carboxylic acids is 1. The number of likely N-dealkylation sites (N-methyl/N-ethyl adjacent to an activating group) is 1. The summed E-state index contributed by atoms with van der Waals surface area (Å²) in [5.74, 6) is 0.194. The van der Waals surface area contributed by atoms with E-state index in [1.54, 1.807) is 23.1 Å². The van der Waals surface area contributed by atoms with Gasteiger partial charge < -0.3 is 24.2 Å². The SMILES string of the molecule is C=CC(=O)N1CCN(c2nc(OC[C@@H]3CCCN3C)nc3c2COC(c2ccccc2F)C3)C[C@@H]1CC#N. The van der Waals surface area contributed by atoms with Crippen LogP contribution in [0.2, 0.25) is 0 Å². The molecule has 200 valence electrons. The molecule has 9 nitrogen and oxygen atoms in total. The Morgan fingerprint density at radius 2 is 2.13 bits per heavy atom. The van der Waals surface area contributed by atoms with E-state index >= 15 is 0 Å². The molecule has 0 radical (unpaired) electrons. The van der Waals surface area contributed by atoms with Crippen LogP contribution >= 0.6 is 0 Å². The van der Waals surface area contributed by atoms with E-state index in [4.69, 9.17) is 19.4 Å². The van der Waals surface area contributed by atoms with Crippen molar-refractivity contribution in [3.63, 3.8) is 0 Å². The van der Waals surface area contributed by atoms with Crippen molar-refractivity contribution in [3.8, 4) is 12.1 Å². The van der Waals surface area contributed by atoms with E-state index in [1.807, 2.05) is 0 Å². The van der Waals surface area contributed by atoms with Crippen LogP contribution in [-0.2, 0) is 22.6 Å². The first-order valence-corrected chi connectivity index (χ1v) is 13.1. The number of likely N-dealkylation sites (tertiary alicyclic amines) is 1. The van der Waals surface area contributed by atoms with Gasteiger partial charge in [0.2, 0.25) is 5.91 Å². The fourth-order valence-corrected chi connectivity index (χ4v) is 5.59. The number of hydrogen-bond donors (Lipinski definition) is 0. The van der Waals surface area contributed by atoms with Crippen LogP contribution in [-0.4, -0.2) is 77.6 Å². The Morgan fingerprint density at radius 1 is 1.29 bits per heavy atom. The minimum Gasteiger partial charge on any atom is -0.462 e. The molecule has 0 bridgehead atoms. The summed E-state index contributed by atoms with van der Waals surface area (Å²) in [7, 11) is 2.09. The van der Waals surface area contributed by atoms with E-state index in [-0.39, 0.29) is 36.8 Å². The van der Waals surface area contributed by atoms with Crippen LogP contribution in [0.25, 0.3) is 0 Å². The van der Waals surface area contributed by atoms with E-state index in [0.717, 1.165) is 30.6 Å². The van der Waals surface area contributed by atoms with Crippen molar-refractivity contribution < 1.29 is 18.7 Å². The number of carbonyl (C=O) groups is 1. The van der Waals surface area contributed by atoms with Gasteiger partial charge in [-0.25, -0.2) is 4.39 Å². The zero-order valence-corrected chi connectivity index (χ0v) is 21.7. The first-order valence-electron chi connectivity index (χ1n) is 13.1. The van der Waals surface area contributed by atoms with Crippen LogP contribution in [0.4, 0.5) is 10.2 Å². The van der Waals surface area contributed by atoms with E-state index < -0.39 is 6.10 Å². The molecule has 1 amide bonds. The summed E-state index contributed by atoms with van der Waals surface area (Å²) >= 11 is 0. The minimum atomic E-state index is -0.464. The smallest absolute Gasteiger partial charge is 0.318 e. The van der Waals surface area contributed by atoms with Crippen molar-refractivity contribution in [2.75, 3.05) is 44.7 Å². The predicted molar refractivity (Wildman–Crippen MR) is 139 cm³/mol. The highest BCUT2D eigenvalue weighted by Crippen LogP contribution is 2.36. The van der Waals surface area contributed by atoms with Gasteiger partial charge in [-0.1, -0.05) is 24.8 Å². The van der Waals surface area contributed by atoms with Gasteiger partial charge in [-0.15, -0.1) is 0 Å². The number of hydrogen-bond acceptors (Lipinski definition) is 8. The number of piperazine rings is 1. The summed E-state index contributed by atoms with van der Waals surface area (Å²) in [6, 6.07) is 9.14. The molecule has 0 spiro atoms. The normalized spacial score (nSPS) is 23.6. The fourth-order valence-electron chi connectivity index (χ4n) is 5.59. The zero-order valence-electron chi connectivity index (χ0n) is 21.7. The lowest BCUT2D eigenvalue weighted by Crippen LogP contribution is -2.55. The number of fused-ring (bicyclic) bond motifs is 1. The molecule has 0 aliphatic carbocycles. The highest BCUT2D eigenvalue weighted by Gasteiger charge is 2.34. The Bertz CT molecular complexity index is 1230. The maximum Gasteiger partial charge on any atom is 0.318 e. The molecule has 5 rings (SSSR count). The highest BCUT2D eigenvalue weighted by atomic mass is 19.1. The first kappa shape index (κ1) is 26.1. The van der Waals surface area contributed by atoms with Gasteiger partial charge in [-0.2, -0.15) is 15.2 Å². The van der Waals surface area contributed by atoms with Crippen LogP contribution in [0.3, 0.4) is 0 Å². The van der Waals surface area contributed by atoms with E-state index in [9.17, 15) is 14.4 Å². The van der Waals surface area contributed by atoms with Crippen LogP contribution in [0, 0.1) is 17.1 Å². The second kappa shape index (κ2) is 11.5. The topological polar surface area (TPSA) is 94.8 Å². The van der Waals surface area contributed by atoms with Crippen molar-refractivity contribution in [1.82, 2.24) is 19.8 Å². The van der Waals surface area contributed by atoms with Crippen LogP contribution < -0.4 is 9.64 Å². The summed E-state index contributed by atoms with van der Waals surface area (Å²) in [5.41, 5.74) is 2.10. The summed E-state index contributed by atoms with van der Waals surface area (Å²) < 4.78 is 26.8. The number of nitriles is 1. The number of ether oxygens (including phenoxy) is 2. The molecular formula is C28H33FN6O3. The molecule has 38 heavy (non-hydrogen) atoms. The molecule has 2 fully saturated rings. The molecule has 3 aliphatic heterocycles. The number of benzene rings is 1. The lowest BCUT2D eigenvalue weighted by molar-refractivity contribution is -0.128. The van der Waals surface area contributed by atoms with E-state index in [1.165, 1.54) is 12.1 Å². The highest BCUT2D eigenvalue weighted by molar-refractivity contribution is 5.87. The number of amides is 1. The third-order valence-electron chi connectivity index (χ3n) is 7.75. The molecule has 3 aliphatic rings. The average Bonchev–Trinajstić information content (AvgIpc) is 3.35. The Labute approximate surface area is 222 Å². The van der Waals surface area contributed by atoms with Gasteiger partial charge in [-0.3, -0.25) is 4.79 Å². The standard InChI is InChI=1S/C28H33FN6O3/c1-3-26(36)35-14-13-34(16-19(35)10-11-30)27-22-18-37-25(21-8-4-5-9-23(21)29)15-24(22)31-28(32-27)38-17-20-7-6-12-33(20)2/h3-5,8-9,19-20,25H,1,6-7,10,12-18H2,2H3/t19-,20-,25?/m0/s1. The zero-order chi connectivity index (χ0) is 26.6. The quantitative estimate of drug-likeness (QED) is 0.515. The molecule has 10 heteroatoms. The van der Waals surface area contributed by atoms with Gasteiger partial charge in [0.05, 0.1) is 36.9 Å². The van der Waals surface area contributed by atoms with Crippen LogP contribution in [0.1, 0.15) is 42.2 Å². The molecule has 1 aromatic heterocycles. The van der Waals surface area contributed by atoms with Gasteiger partial charge in [0.25, 0.3) is 0 Å². The fraction of sp³-hybridized carbons (Fsp3) is 0.500. The van der Waals surface area contributed by atoms with Gasteiger partial charge in [0, 0.05) is 43.2 Å². The summed E-state index contributed by atoms with van der Waals surface area (Å²) in [6.07, 6.45) is 3.61. The molecule has 3 atom stereocenters. The number of nitrogens with zero attached hydrogens (tertiary/aromatic N) is 6. The number of anilines is 1. The van der Waals surface area contributed by atoms with E-state index in [2.05, 4.69) is 29.5 Å². The van der Waals surface area contributed by atoms with Crippen molar-refractivity contribution >= 4 is 11.7 Å². The number of halogens is 1. The van der Waals surface area contributed by atoms with Gasteiger partial charge in [-0.05, 0) is 38.6 Å². The third-order valence-corrected chi connectivity index (χ3v) is 7.75. The number of rotatable bonds is 7. The lowest BCUT2D eigenvalue weighted by atomic mass is 9.98.